The minimum atomic E-state index is -0.311. The van der Waals surface area contributed by atoms with Crippen molar-refractivity contribution >= 4 is 22.8 Å². The van der Waals surface area contributed by atoms with E-state index >= 15 is 0 Å². The van der Waals surface area contributed by atoms with Crippen molar-refractivity contribution < 1.29 is 18.7 Å². The van der Waals surface area contributed by atoms with Crippen molar-refractivity contribution in [3.8, 4) is 0 Å². The molecule has 1 saturated heterocycles. The van der Waals surface area contributed by atoms with Crippen molar-refractivity contribution in [3.05, 3.63) is 71.2 Å². The fourth-order valence-corrected chi connectivity index (χ4v) is 4.88. The zero-order valence-corrected chi connectivity index (χ0v) is 19.3. The predicted octanol–water partition coefficient (Wildman–Crippen LogP) is 5.19. The van der Waals surface area contributed by atoms with Crippen LogP contribution in [-0.2, 0) is 20.7 Å². The van der Waals surface area contributed by atoms with Crippen LogP contribution >= 0.6 is 0 Å². The number of carbonyl (C=O) groups is 2. The second kappa shape index (κ2) is 10.2. The lowest BCUT2D eigenvalue weighted by Gasteiger charge is -2.32. The van der Waals surface area contributed by atoms with E-state index in [2.05, 4.69) is 24.0 Å². The summed E-state index contributed by atoms with van der Waals surface area (Å²) in [6.45, 7) is 5.36. The lowest BCUT2D eigenvalue weighted by Crippen LogP contribution is -2.41. The number of benzene rings is 2. The van der Waals surface area contributed by atoms with Crippen LogP contribution in [0.5, 0.6) is 0 Å². The predicted molar refractivity (Wildman–Crippen MR) is 126 cm³/mol. The summed E-state index contributed by atoms with van der Waals surface area (Å²) < 4.78 is 19.3. The average Bonchev–Trinajstić information content (AvgIpc) is 3.26. The van der Waals surface area contributed by atoms with Gasteiger partial charge in [-0.2, -0.15) is 0 Å². The average molecular weight is 451 g/mol. The minimum Gasteiger partial charge on any atom is -0.466 e. The monoisotopic (exact) mass is 450 g/mol. The summed E-state index contributed by atoms with van der Waals surface area (Å²) in [7, 11) is 0. The Balaban J connectivity index is 1.59. The van der Waals surface area contributed by atoms with E-state index in [1.165, 1.54) is 17.7 Å². The molecule has 5 nitrogen and oxygen atoms in total. The van der Waals surface area contributed by atoms with Gasteiger partial charge in [-0.05, 0) is 55.0 Å². The van der Waals surface area contributed by atoms with Crippen LogP contribution in [0.25, 0.3) is 10.9 Å². The topological polar surface area (TPSA) is 62.4 Å². The lowest BCUT2D eigenvalue weighted by molar-refractivity contribution is -0.151. The maximum atomic E-state index is 14.1. The van der Waals surface area contributed by atoms with Crippen LogP contribution in [0.15, 0.2) is 48.7 Å². The molecule has 1 N–H and O–H groups in total. The van der Waals surface area contributed by atoms with Gasteiger partial charge in [0.2, 0.25) is 5.91 Å². The Morgan fingerprint density at radius 1 is 1.15 bits per heavy atom. The van der Waals surface area contributed by atoms with Crippen LogP contribution in [0.4, 0.5) is 4.39 Å². The van der Waals surface area contributed by atoms with E-state index < -0.39 is 0 Å². The summed E-state index contributed by atoms with van der Waals surface area (Å²) in [5.74, 6) is -0.874. The Morgan fingerprint density at radius 3 is 2.61 bits per heavy atom. The first-order valence-corrected chi connectivity index (χ1v) is 11.8. The first kappa shape index (κ1) is 23.0. The normalized spacial score (nSPS) is 15.5. The number of rotatable bonds is 7. The Morgan fingerprint density at radius 2 is 1.91 bits per heavy atom. The SMILES string of the molecule is CCOC(=O)C1CCN(C(=O)CC(c2cccc(F)c2)c2c[nH]c3c(CC)cccc23)CC1. The number of aryl methyl sites for hydroxylation is 1. The van der Waals surface area contributed by atoms with Crippen molar-refractivity contribution in [1.82, 2.24) is 9.88 Å². The van der Waals surface area contributed by atoms with E-state index in [0.29, 0.717) is 32.5 Å². The highest BCUT2D eigenvalue weighted by Gasteiger charge is 2.30. The van der Waals surface area contributed by atoms with E-state index in [9.17, 15) is 14.0 Å². The van der Waals surface area contributed by atoms with Gasteiger partial charge in [-0.15, -0.1) is 0 Å². The van der Waals surface area contributed by atoms with Crippen molar-refractivity contribution in [1.29, 1.82) is 0 Å². The fourth-order valence-electron chi connectivity index (χ4n) is 4.88. The Hall–Kier alpha value is -3.15. The van der Waals surface area contributed by atoms with E-state index in [1.54, 1.807) is 13.0 Å². The zero-order chi connectivity index (χ0) is 23.4. The van der Waals surface area contributed by atoms with Gasteiger partial charge in [-0.1, -0.05) is 37.3 Å². The van der Waals surface area contributed by atoms with Crippen LogP contribution in [0.1, 0.15) is 55.7 Å². The molecular weight excluding hydrogens is 419 g/mol. The van der Waals surface area contributed by atoms with Gasteiger partial charge in [0, 0.05) is 42.5 Å². The summed E-state index contributed by atoms with van der Waals surface area (Å²) in [6, 6.07) is 12.7. The molecule has 4 rings (SSSR count). The molecule has 0 spiro atoms. The number of nitrogens with one attached hydrogen (secondary N) is 1. The third kappa shape index (κ3) is 4.95. The fraction of sp³-hybridized carbons (Fsp3) is 0.407. The Bertz CT molecular complexity index is 1130. The molecule has 2 heterocycles. The number of amides is 1. The number of ether oxygens (including phenoxy) is 1. The number of likely N-dealkylation sites (tertiary alicyclic amines) is 1. The number of para-hydroxylation sites is 1. The molecule has 1 amide bonds. The molecule has 33 heavy (non-hydrogen) atoms. The van der Waals surface area contributed by atoms with Crippen LogP contribution < -0.4 is 0 Å². The van der Waals surface area contributed by atoms with Gasteiger partial charge >= 0.3 is 5.97 Å². The van der Waals surface area contributed by atoms with Crippen molar-refractivity contribution in [2.75, 3.05) is 19.7 Å². The summed E-state index contributed by atoms with van der Waals surface area (Å²) in [6.07, 6.45) is 4.33. The number of hydrogen-bond donors (Lipinski definition) is 1. The van der Waals surface area contributed by atoms with Gasteiger partial charge in [0.15, 0.2) is 0 Å². The maximum absolute atomic E-state index is 14.1. The van der Waals surface area contributed by atoms with E-state index in [4.69, 9.17) is 4.74 Å². The largest absolute Gasteiger partial charge is 0.466 e. The standard InChI is InChI=1S/C27H31FN2O3/c1-3-18-7-6-10-22-24(17-29-26(18)22)23(20-8-5-9-21(28)15-20)16-25(31)30-13-11-19(12-14-30)27(32)33-4-2/h5-10,15,17,19,23,29H,3-4,11-14,16H2,1-2H3. The third-order valence-electron chi connectivity index (χ3n) is 6.69. The summed E-state index contributed by atoms with van der Waals surface area (Å²) >= 11 is 0. The number of aromatic nitrogens is 1. The molecule has 0 aliphatic carbocycles. The van der Waals surface area contributed by atoms with Gasteiger partial charge in [-0.3, -0.25) is 9.59 Å². The molecule has 6 heteroatoms. The van der Waals surface area contributed by atoms with Gasteiger partial charge < -0.3 is 14.6 Å². The van der Waals surface area contributed by atoms with Crippen LogP contribution in [0.3, 0.4) is 0 Å². The lowest BCUT2D eigenvalue weighted by atomic mass is 9.87. The van der Waals surface area contributed by atoms with E-state index in [-0.39, 0.29) is 36.0 Å². The molecule has 0 bridgehead atoms. The first-order valence-electron chi connectivity index (χ1n) is 11.8. The van der Waals surface area contributed by atoms with Crippen molar-refractivity contribution in [2.24, 2.45) is 5.92 Å². The van der Waals surface area contributed by atoms with Crippen molar-refractivity contribution in [2.45, 2.75) is 45.4 Å². The number of fused-ring (bicyclic) bond motifs is 1. The molecule has 1 aliphatic heterocycles. The number of carbonyl (C=O) groups excluding carboxylic acids is 2. The Labute approximate surface area is 193 Å². The molecule has 2 aromatic carbocycles. The molecule has 1 aliphatic rings. The molecule has 1 unspecified atom stereocenters. The summed E-state index contributed by atoms with van der Waals surface area (Å²) in [5, 5.41) is 1.07. The van der Waals surface area contributed by atoms with E-state index in [0.717, 1.165) is 28.5 Å². The van der Waals surface area contributed by atoms with Gasteiger partial charge in [0.05, 0.1) is 12.5 Å². The number of nitrogens with zero attached hydrogens (tertiary/aromatic N) is 1. The van der Waals surface area contributed by atoms with Gasteiger partial charge in [0.25, 0.3) is 0 Å². The Kier molecular flexibility index (Phi) is 7.11. The molecule has 1 aromatic heterocycles. The second-order valence-corrected chi connectivity index (χ2v) is 8.66. The summed E-state index contributed by atoms with van der Waals surface area (Å²) in [5.41, 5.74) is 4.07. The molecule has 1 atom stereocenters. The van der Waals surface area contributed by atoms with Crippen molar-refractivity contribution in [3.63, 3.8) is 0 Å². The number of esters is 1. The van der Waals surface area contributed by atoms with Gasteiger partial charge in [-0.25, -0.2) is 4.39 Å². The number of hydrogen-bond acceptors (Lipinski definition) is 3. The first-order chi connectivity index (χ1) is 16.0. The van der Waals surface area contributed by atoms with E-state index in [1.807, 2.05) is 23.2 Å². The number of H-pyrrole nitrogens is 1. The number of halogens is 1. The second-order valence-electron chi connectivity index (χ2n) is 8.66. The number of aromatic amines is 1. The molecule has 1 fully saturated rings. The van der Waals surface area contributed by atoms with Crippen LogP contribution in [-0.4, -0.2) is 41.5 Å². The highest BCUT2D eigenvalue weighted by Crippen LogP contribution is 2.35. The minimum absolute atomic E-state index is 0.0209. The molecule has 3 aromatic rings. The van der Waals surface area contributed by atoms with Gasteiger partial charge in [0.1, 0.15) is 5.82 Å². The molecule has 0 saturated carbocycles. The van der Waals surface area contributed by atoms with Crippen LogP contribution in [0.2, 0.25) is 0 Å². The third-order valence-corrected chi connectivity index (χ3v) is 6.69. The highest BCUT2D eigenvalue weighted by molar-refractivity contribution is 5.88. The quantitative estimate of drug-likeness (QED) is 0.504. The highest BCUT2D eigenvalue weighted by atomic mass is 19.1. The smallest absolute Gasteiger partial charge is 0.309 e. The summed E-state index contributed by atoms with van der Waals surface area (Å²) in [4.78, 5) is 30.6. The zero-order valence-electron chi connectivity index (χ0n) is 19.3. The number of piperidine rings is 1. The maximum Gasteiger partial charge on any atom is 0.309 e. The molecular formula is C27H31FN2O3. The molecule has 174 valence electrons. The molecule has 0 radical (unpaired) electrons. The van der Waals surface area contributed by atoms with Crippen LogP contribution in [0, 0.1) is 11.7 Å².